The highest BCUT2D eigenvalue weighted by atomic mass is 35.5. The molecule has 0 amide bonds. The van der Waals surface area contributed by atoms with Gasteiger partial charge in [0.2, 0.25) is 5.78 Å². The van der Waals surface area contributed by atoms with Gasteiger partial charge in [-0.25, -0.2) is 4.98 Å². The van der Waals surface area contributed by atoms with Crippen molar-refractivity contribution in [3.05, 3.63) is 93.5 Å². The second kappa shape index (κ2) is 12.0. The van der Waals surface area contributed by atoms with Gasteiger partial charge in [-0.3, -0.25) is 14.0 Å². The summed E-state index contributed by atoms with van der Waals surface area (Å²) in [5.41, 5.74) is 1.82. The number of benzene rings is 2. The van der Waals surface area contributed by atoms with Gasteiger partial charge in [-0.1, -0.05) is 54.1 Å². The summed E-state index contributed by atoms with van der Waals surface area (Å²) in [6.45, 7) is -0.220. The maximum Gasteiger partial charge on any atom is 0.389 e. The fourth-order valence-corrected chi connectivity index (χ4v) is 4.55. The number of alkyl halides is 3. The number of halogens is 4. The Balaban J connectivity index is 1.62. The monoisotopic (exact) mass is 545 g/mol. The van der Waals surface area contributed by atoms with Crippen molar-refractivity contribution in [2.24, 2.45) is 5.92 Å². The number of aryl methyl sites for hydroxylation is 1. The number of aliphatic hydroxyl groups excluding tert-OH is 1. The van der Waals surface area contributed by atoms with Crippen LogP contribution in [0.4, 0.5) is 13.2 Å². The van der Waals surface area contributed by atoms with E-state index >= 15 is 0 Å². The summed E-state index contributed by atoms with van der Waals surface area (Å²) in [7, 11) is 0. The minimum atomic E-state index is -4.31. The molecule has 0 spiro atoms. The fourth-order valence-electron chi connectivity index (χ4n) is 4.43. The standard InChI is InChI=1S/C28H27ClF3N3O3/c29-23-9-7-21(8-10-23)25-17-35-26(38)22(16-34(27(35)33-25)12-4-11-28(30,31)32)15-24(37)14-20(18-36)13-19-5-2-1-3-6-19/h1-3,5-10,16-17,20,36H,4,11-15,18H2/t20-/m1/s1. The fraction of sp³-hybridized carbons (Fsp3) is 0.321. The zero-order valence-corrected chi connectivity index (χ0v) is 21.3. The first-order valence-corrected chi connectivity index (χ1v) is 12.6. The number of rotatable bonds is 11. The van der Waals surface area contributed by atoms with E-state index in [-0.39, 0.29) is 55.5 Å². The molecule has 1 atom stereocenters. The van der Waals surface area contributed by atoms with E-state index in [0.29, 0.717) is 22.7 Å². The number of hydrogen-bond acceptors (Lipinski definition) is 4. The topological polar surface area (TPSA) is 76.6 Å². The highest BCUT2D eigenvalue weighted by molar-refractivity contribution is 6.30. The molecule has 4 aromatic rings. The number of imidazole rings is 1. The van der Waals surface area contributed by atoms with E-state index in [0.717, 1.165) is 5.56 Å². The number of aromatic nitrogens is 3. The molecule has 2 aromatic heterocycles. The van der Waals surface area contributed by atoms with E-state index in [1.165, 1.54) is 21.4 Å². The smallest absolute Gasteiger partial charge is 0.389 e. The average Bonchev–Trinajstić information content (AvgIpc) is 3.33. The third-order valence-electron chi connectivity index (χ3n) is 6.28. The van der Waals surface area contributed by atoms with Crippen LogP contribution in [0.3, 0.4) is 0 Å². The number of ketones is 1. The molecule has 0 aliphatic carbocycles. The van der Waals surface area contributed by atoms with E-state index in [4.69, 9.17) is 11.6 Å². The van der Waals surface area contributed by atoms with Crippen LogP contribution >= 0.6 is 11.6 Å². The van der Waals surface area contributed by atoms with Crippen LogP contribution in [0.15, 0.2) is 71.8 Å². The first-order chi connectivity index (χ1) is 18.1. The number of Topliss-reactive ketones (excluding diaryl/α,β-unsaturated/α-hetero) is 1. The van der Waals surface area contributed by atoms with Gasteiger partial charge in [0, 0.05) is 61.0 Å². The van der Waals surface area contributed by atoms with E-state index in [1.807, 2.05) is 30.3 Å². The molecule has 0 fully saturated rings. The number of nitrogens with zero attached hydrogens (tertiary/aromatic N) is 3. The Hall–Kier alpha value is -3.43. The van der Waals surface area contributed by atoms with Crippen LogP contribution in [0, 0.1) is 5.92 Å². The maximum absolute atomic E-state index is 13.3. The van der Waals surface area contributed by atoms with Crippen molar-refractivity contribution in [1.82, 2.24) is 14.0 Å². The molecule has 0 aliphatic rings. The third-order valence-corrected chi connectivity index (χ3v) is 6.53. The van der Waals surface area contributed by atoms with Crippen LogP contribution in [0.1, 0.15) is 30.4 Å². The van der Waals surface area contributed by atoms with Crippen molar-refractivity contribution in [3.8, 4) is 11.3 Å². The summed E-state index contributed by atoms with van der Waals surface area (Å²) in [6, 6.07) is 16.3. The molecule has 2 aromatic carbocycles. The van der Waals surface area contributed by atoms with Gasteiger partial charge in [0.05, 0.1) is 5.69 Å². The first kappa shape index (κ1) is 27.6. The zero-order valence-electron chi connectivity index (χ0n) is 20.5. The van der Waals surface area contributed by atoms with Crippen molar-refractivity contribution in [2.75, 3.05) is 6.61 Å². The van der Waals surface area contributed by atoms with Crippen LogP contribution in [-0.2, 0) is 24.2 Å². The summed E-state index contributed by atoms with van der Waals surface area (Å²) >= 11 is 5.96. The second-order valence-corrected chi connectivity index (χ2v) is 9.77. The molecule has 6 nitrogen and oxygen atoms in total. The molecule has 0 aliphatic heterocycles. The van der Waals surface area contributed by atoms with Gasteiger partial charge in [0.1, 0.15) is 5.78 Å². The third kappa shape index (κ3) is 7.11. The SMILES string of the molecule is O=C(Cc1cn(CCCC(F)(F)F)c2nc(-c3ccc(Cl)cc3)cn2c1=O)C[C@H](CO)Cc1ccccc1. The number of aliphatic hydroxyl groups is 1. The quantitative estimate of drug-likeness (QED) is 0.269. The highest BCUT2D eigenvalue weighted by Crippen LogP contribution is 2.24. The minimum Gasteiger partial charge on any atom is -0.396 e. The predicted molar refractivity (Wildman–Crippen MR) is 139 cm³/mol. The summed E-state index contributed by atoms with van der Waals surface area (Å²) < 4.78 is 41.2. The van der Waals surface area contributed by atoms with Crippen LogP contribution < -0.4 is 5.56 Å². The lowest BCUT2D eigenvalue weighted by Crippen LogP contribution is -2.25. The maximum atomic E-state index is 13.3. The number of carbonyl (C=O) groups excluding carboxylic acids is 1. The molecular weight excluding hydrogens is 519 g/mol. The van der Waals surface area contributed by atoms with Crippen molar-refractivity contribution < 1.29 is 23.1 Å². The van der Waals surface area contributed by atoms with Gasteiger partial charge in [0.25, 0.3) is 5.56 Å². The van der Waals surface area contributed by atoms with Crippen LogP contribution in [0.25, 0.3) is 17.0 Å². The molecule has 2 heterocycles. The molecular formula is C28H27ClF3N3O3. The van der Waals surface area contributed by atoms with E-state index in [2.05, 4.69) is 4.98 Å². The highest BCUT2D eigenvalue weighted by Gasteiger charge is 2.26. The van der Waals surface area contributed by atoms with Gasteiger partial charge in [-0.05, 0) is 36.5 Å². The summed E-state index contributed by atoms with van der Waals surface area (Å²) in [5.74, 6) is -0.362. The van der Waals surface area contributed by atoms with Gasteiger partial charge in [-0.2, -0.15) is 13.2 Å². The molecule has 0 saturated carbocycles. The number of hydrogen-bond donors (Lipinski definition) is 1. The molecule has 0 radical (unpaired) electrons. The van der Waals surface area contributed by atoms with Gasteiger partial charge in [0.15, 0.2) is 0 Å². The van der Waals surface area contributed by atoms with E-state index in [1.54, 1.807) is 24.3 Å². The molecule has 4 rings (SSSR count). The number of carbonyl (C=O) groups is 1. The Bertz CT molecular complexity index is 1450. The molecule has 0 bridgehead atoms. The number of fused-ring (bicyclic) bond motifs is 1. The molecule has 38 heavy (non-hydrogen) atoms. The average molecular weight is 546 g/mol. The van der Waals surface area contributed by atoms with E-state index in [9.17, 15) is 27.9 Å². The van der Waals surface area contributed by atoms with Crippen LogP contribution in [0.5, 0.6) is 0 Å². The minimum absolute atomic E-state index is 0.0329. The lowest BCUT2D eigenvalue weighted by Gasteiger charge is -2.14. The van der Waals surface area contributed by atoms with Crippen LogP contribution in [0.2, 0.25) is 5.02 Å². The Morgan fingerprint density at radius 1 is 1.05 bits per heavy atom. The van der Waals surface area contributed by atoms with Gasteiger partial charge >= 0.3 is 6.18 Å². The predicted octanol–water partition coefficient (Wildman–Crippen LogP) is 5.51. The molecule has 1 N–H and O–H groups in total. The molecule has 0 saturated heterocycles. The van der Waals surface area contributed by atoms with E-state index < -0.39 is 18.2 Å². The van der Waals surface area contributed by atoms with Crippen LogP contribution in [-0.4, -0.2) is 37.6 Å². The lowest BCUT2D eigenvalue weighted by molar-refractivity contribution is -0.135. The Morgan fingerprint density at radius 3 is 2.42 bits per heavy atom. The molecule has 10 heteroatoms. The van der Waals surface area contributed by atoms with Crippen molar-refractivity contribution >= 4 is 23.2 Å². The Morgan fingerprint density at radius 2 is 1.76 bits per heavy atom. The lowest BCUT2D eigenvalue weighted by atomic mass is 9.93. The summed E-state index contributed by atoms with van der Waals surface area (Å²) in [5, 5.41) is 10.3. The Labute approximate surface area is 222 Å². The summed E-state index contributed by atoms with van der Waals surface area (Å²) in [6.07, 6.45) is -2.18. The summed E-state index contributed by atoms with van der Waals surface area (Å²) in [4.78, 5) is 30.7. The first-order valence-electron chi connectivity index (χ1n) is 12.2. The molecule has 0 unspecified atom stereocenters. The Kier molecular flexibility index (Phi) is 8.69. The largest absolute Gasteiger partial charge is 0.396 e. The zero-order chi connectivity index (χ0) is 27.3. The van der Waals surface area contributed by atoms with Crippen molar-refractivity contribution in [1.29, 1.82) is 0 Å². The van der Waals surface area contributed by atoms with Gasteiger partial charge < -0.3 is 9.67 Å². The van der Waals surface area contributed by atoms with Gasteiger partial charge in [-0.15, -0.1) is 0 Å². The second-order valence-electron chi connectivity index (χ2n) is 9.33. The molecule has 200 valence electrons. The van der Waals surface area contributed by atoms with Crippen molar-refractivity contribution in [2.45, 2.75) is 44.8 Å². The normalized spacial score (nSPS) is 12.7. The van der Waals surface area contributed by atoms with Crippen molar-refractivity contribution in [3.63, 3.8) is 0 Å².